The summed E-state index contributed by atoms with van der Waals surface area (Å²) in [6.45, 7) is 3.41. The van der Waals surface area contributed by atoms with Crippen LogP contribution in [0.25, 0.3) is 0 Å². The van der Waals surface area contributed by atoms with Crippen LogP contribution in [-0.2, 0) is 17.8 Å². The molecule has 1 aromatic rings. The Kier molecular flexibility index (Phi) is 3.17. The van der Waals surface area contributed by atoms with Crippen molar-refractivity contribution in [3.8, 4) is 0 Å². The van der Waals surface area contributed by atoms with Gasteiger partial charge in [0, 0.05) is 25.4 Å². The number of aryl methyl sites for hydroxylation is 1. The third-order valence-electron chi connectivity index (χ3n) is 5.83. The summed E-state index contributed by atoms with van der Waals surface area (Å²) in [5.74, 6) is 4.68. The van der Waals surface area contributed by atoms with Crippen molar-refractivity contribution in [3.63, 3.8) is 0 Å². The molecule has 0 spiro atoms. The van der Waals surface area contributed by atoms with Crippen molar-refractivity contribution >= 4 is 18.1 Å². The Morgan fingerprint density at radius 1 is 1.43 bits per heavy atom. The molecule has 5 atom stereocenters. The van der Waals surface area contributed by atoms with Gasteiger partial charge in [0.15, 0.2) is 4.77 Å². The molecule has 1 unspecified atom stereocenters. The molecule has 4 rings (SSSR count). The Morgan fingerprint density at radius 2 is 2.14 bits per heavy atom. The number of amides is 1. The monoisotopic (exact) mass is 306 g/mol. The molecule has 2 N–H and O–H groups in total. The van der Waals surface area contributed by atoms with Gasteiger partial charge in [-0.15, -0.1) is 0 Å². The zero-order chi connectivity index (χ0) is 14.6. The highest BCUT2D eigenvalue weighted by atomic mass is 32.1. The van der Waals surface area contributed by atoms with Gasteiger partial charge >= 0.3 is 0 Å². The van der Waals surface area contributed by atoms with E-state index in [0.29, 0.717) is 35.6 Å². The Hall–Kier alpha value is -1.17. The van der Waals surface area contributed by atoms with E-state index in [1.54, 1.807) is 0 Å². The number of hydrogen-bond donors (Lipinski definition) is 2. The largest absolute Gasteiger partial charge is 0.354 e. The zero-order valence-corrected chi connectivity index (χ0v) is 13.2. The van der Waals surface area contributed by atoms with Crippen molar-refractivity contribution in [1.29, 1.82) is 0 Å². The van der Waals surface area contributed by atoms with Gasteiger partial charge in [0.2, 0.25) is 5.91 Å². The number of nitrogens with one attached hydrogen (secondary N) is 2. The number of hydrogen-bond acceptors (Lipinski definition) is 3. The zero-order valence-electron chi connectivity index (χ0n) is 12.3. The Labute approximate surface area is 129 Å². The van der Waals surface area contributed by atoms with E-state index in [1.807, 2.05) is 4.57 Å². The van der Waals surface area contributed by atoms with E-state index in [0.717, 1.165) is 24.1 Å². The number of carbonyl (C=O) groups is 1. The first-order chi connectivity index (χ1) is 10.2. The van der Waals surface area contributed by atoms with E-state index in [2.05, 4.69) is 22.4 Å². The van der Waals surface area contributed by atoms with Crippen LogP contribution in [0.1, 0.15) is 32.0 Å². The molecular weight excluding hydrogens is 284 g/mol. The molecule has 1 aromatic heterocycles. The van der Waals surface area contributed by atoms with Gasteiger partial charge in [-0.1, -0.05) is 6.92 Å². The van der Waals surface area contributed by atoms with E-state index in [-0.39, 0.29) is 5.91 Å². The summed E-state index contributed by atoms with van der Waals surface area (Å²) in [5, 5.41) is 10.1. The van der Waals surface area contributed by atoms with Crippen molar-refractivity contribution in [3.05, 3.63) is 10.6 Å². The van der Waals surface area contributed by atoms with Crippen LogP contribution < -0.4 is 5.32 Å². The molecule has 1 amide bonds. The number of aromatic amines is 1. The van der Waals surface area contributed by atoms with Gasteiger partial charge in [-0.05, 0) is 55.2 Å². The van der Waals surface area contributed by atoms with Crippen molar-refractivity contribution in [1.82, 2.24) is 20.1 Å². The highest BCUT2D eigenvalue weighted by Gasteiger charge is 2.67. The van der Waals surface area contributed by atoms with Crippen LogP contribution in [0.2, 0.25) is 0 Å². The second-order valence-corrected chi connectivity index (χ2v) is 7.14. The molecule has 3 fully saturated rings. The van der Waals surface area contributed by atoms with Crippen molar-refractivity contribution in [2.24, 2.45) is 29.6 Å². The smallest absolute Gasteiger partial charge is 0.223 e. The summed E-state index contributed by atoms with van der Waals surface area (Å²) in [6, 6.07) is 0. The molecule has 3 aliphatic carbocycles. The van der Waals surface area contributed by atoms with Crippen LogP contribution in [0.5, 0.6) is 0 Å². The number of fused-ring (bicyclic) bond motifs is 5. The Morgan fingerprint density at radius 3 is 2.81 bits per heavy atom. The average Bonchev–Trinajstić information content (AvgIpc) is 2.78. The van der Waals surface area contributed by atoms with E-state index < -0.39 is 0 Å². The first-order valence-corrected chi connectivity index (χ1v) is 8.53. The van der Waals surface area contributed by atoms with Crippen LogP contribution in [0.4, 0.5) is 0 Å². The predicted octanol–water partition coefficient (Wildman–Crippen LogP) is 1.91. The van der Waals surface area contributed by atoms with Crippen molar-refractivity contribution in [2.75, 3.05) is 6.54 Å². The standard InChI is InChI=1S/C15H22N4OS/c1-2-10-17-18-15(21)19(10)6-5-16-14(20)13-11-8-3-4-9(7-8)12(11)13/h8-9,11-13H,2-7H2,1H3,(H,16,20)(H,18,21)/t8-,9-,11-,12+,13?/m0/s1. The molecule has 3 saturated carbocycles. The number of rotatable bonds is 5. The molecule has 0 saturated heterocycles. The van der Waals surface area contributed by atoms with E-state index in [1.165, 1.54) is 19.3 Å². The summed E-state index contributed by atoms with van der Waals surface area (Å²) < 4.78 is 2.62. The SMILES string of the molecule is CCc1n[nH]c(=S)n1CCNC(=O)C1[C@@H]2[C@H]3CC[C@@H](C3)[C@H]12. The Balaban J connectivity index is 1.31. The summed E-state index contributed by atoms with van der Waals surface area (Å²) in [6.07, 6.45) is 4.96. The molecule has 21 heavy (non-hydrogen) atoms. The molecular formula is C15H22N4OS. The van der Waals surface area contributed by atoms with Gasteiger partial charge in [0.05, 0.1) is 0 Å². The van der Waals surface area contributed by atoms with Crippen LogP contribution in [0, 0.1) is 34.4 Å². The van der Waals surface area contributed by atoms with Gasteiger partial charge in [-0.3, -0.25) is 9.89 Å². The molecule has 1 heterocycles. The molecule has 0 aliphatic heterocycles. The quantitative estimate of drug-likeness (QED) is 0.817. The lowest BCUT2D eigenvalue weighted by Gasteiger charge is -2.10. The average molecular weight is 306 g/mol. The molecule has 0 aromatic carbocycles. The van der Waals surface area contributed by atoms with Crippen molar-refractivity contribution in [2.45, 2.75) is 39.2 Å². The van der Waals surface area contributed by atoms with E-state index >= 15 is 0 Å². The van der Waals surface area contributed by atoms with Crippen LogP contribution in [0.3, 0.4) is 0 Å². The Bertz CT molecular complexity index is 605. The summed E-state index contributed by atoms with van der Waals surface area (Å²) in [4.78, 5) is 12.3. The number of H-pyrrole nitrogens is 1. The minimum atomic E-state index is 0.273. The topological polar surface area (TPSA) is 62.7 Å². The molecule has 114 valence electrons. The molecule has 2 bridgehead atoms. The fourth-order valence-corrected chi connectivity index (χ4v) is 5.18. The highest BCUT2D eigenvalue weighted by molar-refractivity contribution is 7.71. The molecule has 5 nitrogen and oxygen atoms in total. The van der Waals surface area contributed by atoms with Gasteiger partial charge in [-0.2, -0.15) is 5.10 Å². The predicted molar refractivity (Wildman–Crippen MR) is 81.1 cm³/mol. The van der Waals surface area contributed by atoms with Crippen LogP contribution >= 0.6 is 12.2 Å². The number of aromatic nitrogens is 3. The van der Waals surface area contributed by atoms with Gasteiger partial charge in [0.25, 0.3) is 0 Å². The summed E-state index contributed by atoms with van der Waals surface area (Å²) >= 11 is 5.22. The van der Waals surface area contributed by atoms with Crippen molar-refractivity contribution < 1.29 is 4.79 Å². The first kappa shape index (κ1) is 13.5. The number of nitrogens with zero attached hydrogens (tertiary/aromatic N) is 2. The first-order valence-electron chi connectivity index (χ1n) is 8.12. The second kappa shape index (κ2) is 4.93. The van der Waals surface area contributed by atoms with Crippen LogP contribution in [-0.4, -0.2) is 27.2 Å². The van der Waals surface area contributed by atoms with E-state index in [9.17, 15) is 4.79 Å². The minimum absolute atomic E-state index is 0.273. The fraction of sp³-hybridized carbons (Fsp3) is 0.800. The van der Waals surface area contributed by atoms with Crippen LogP contribution in [0.15, 0.2) is 0 Å². The minimum Gasteiger partial charge on any atom is -0.354 e. The van der Waals surface area contributed by atoms with E-state index in [4.69, 9.17) is 12.2 Å². The third-order valence-corrected chi connectivity index (χ3v) is 6.14. The molecule has 3 aliphatic rings. The van der Waals surface area contributed by atoms with Gasteiger partial charge < -0.3 is 9.88 Å². The van der Waals surface area contributed by atoms with Gasteiger partial charge in [0.1, 0.15) is 5.82 Å². The second-order valence-electron chi connectivity index (χ2n) is 6.75. The fourth-order valence-electron chi connectivity index (χ4n) is 4.94. The molecule has 0 radical (unpaired) electrons. The maximum atomic E-state index is 12.3. The lowest BCUT2D eigenvalue weighted by molar-refractivity contribution is -0.123. The lowest BCUT2D eigenvalue weighted by atomic mass is 10.0. The maximum Gasteiger partial charge on any atom is 0.223 e. The van der Waals surface area contributed by atoms with Gasteiger partial charge in [-0.25, -0.2) is 0 Å². The lowest BCUT2D eigenvalue weighted by Crippen LogP contribution is -2.30. The normalized spacial score (nSPS) is 35.8. The molecule has 6 heteroatoms. The summed E-state index contributed by atoms with van der Waals surface area (Å²) in [5.41, 5.74) is 0. The maximum absolute atomic E-state index is 12.3. The third kappa shape index (κ3) is 2.06. The number of carbonyl (C=O) groups excluding carboxylic acids is 1. The highest BCUT2D eigenvalue weighted by Crippen LogP contribution is 2.69. The summed E-state index contributed by atoms with van der Waals surface area (Å²) in [7, 11) is 0.